The van der Waals surface area contributed by atoms with Crippen LogP contribution in [0.5, 0.6) is 5.75 Å². The fourth-order valence-corrected chi connectivity index (χ4v) is 2.11. The highest BCUT2D eigenvalue weighted by Crippen LogP contribution is 2.23. The zero-order chi connectivity index (χ0) is 14.0. The molecule has 2 aromatic heterocycles. The van der Waals surface area contributed by atoms with Crippen LogP contribution in [0.2, 0.25) is 0 Å². The molecule has 1 N–H and O–H groups in total. The molecule has 0 aromatic carbocycles. The Labute approximate surface area is 118 Å². The van der Waals surface area contributed by atoms with Crippen LogP contribution < -0.4 is 4.74 Å². The second-order valence-corrected chi connectivity index (χ2v) is 4.73. The quantitative estimate of drug-likeness (QED) is 0.932. The summed E-state index contributed by atoms with van der Waals surface area (Å²) in [5, 5.41) is 13.3. The van der Waals surface area contributed by atoms with Gasteiger partial charge in [-0.2, -0.15) is 5.10 Å². The number of nitrogens with zero attached hydrogens (tertiary/aromatic N) is 3. The van der Waals surface area contributed by atoms with Gasteiger partial charge in [0.2, 0.25) is 0 Å². The first-order valence-corrected chi connectivity index (χ1v) is 6.28. The van der Waals surface area contributed by atoms with E-state index in [9.17, 15) is 4.79 Å². The highest BCUT2D eigenvalue weighted by atomic mass is 79.9. The van der Waals surface area contributed by atoms with E-state index < -0.39 is 5.97 Å². The predicted octanol–water partition coefficient (Wildman–Crippen LogP) is 2.16. The minimum absolute atomic E-state index is 0.0880. The number of rotatable bonds is 4. The average molecular weight is 326 g/mol. The predicted molar refractivity (Wildman–Crippen MR) is 71.2 cm³/mol. The van der Waals surface area contributed by atoms with E-state index in [2.05, 4.69) is 26.0 Å². The van der Waals surface area contributed by atoms with Gasteiger partial charge in [-0.15, -0.1) is 0 Å². The molecule has 0 amide bonds. The van der Waals surface area contributed by atoms with E-state index in [1.54, 1.807) is 11.7 Å². The smallest absolute Gasteiger partial charge is 0.339 e. The van der Waals surface area contributed by atoms with Gasteiger partial charge in [0, 0.05) is 13.2 Å². The Balaban J connectivity index is 2.22. The second-order valence-electron chi connectivity index (χ2n) is 3.94. The van der Waals surface area contributed by atoms with Crippen LogP contribution in [0.1, 0.15) is 21.7 Å². The lowest BCUT2D eigenvalue weighted by Gasteiger charge is -2.09. The average Bonchev–Trinajstić information content (AvgIpc) is 2.61. The summed E-state index contributed by atoms with van der Waals surface area (Å²) in [5.41, 5.74) is 1.77. The van der Waals surface area contributed by atoms with Crippen molar-refractivity contribution < 1.29 is 14.6 Å². The standard InChI is InChI=1S/C12H12BrN3O3/c1-7-11(13)9(16(2)15-7)6-19-10-5-14-4-3-8(10)12(17)18/h3-5H,6H2,1-2H3,(H,17,18). The van der Waals surface area contributed by atoms with E-state index in [0.29, 0.717) is 0 Å². The van der Waals surface area contributed by atoms with Gasteiger partial charge in [0.1, 0.15) is 12.2 Å². The third kappa shape index (κ3) is 2.76. The Hall–Kier alpha value is -1.89. The molecule has 0 bridgehead atoms. The van der Waals surface area contributed by atoms with Gasteiger partial charge in [0.15, 0.2) is 5.75 Å². The van der Waals surface area contributed by atoms with E-state index in [1.165, 1.54) is 18.5 Å². The SMILES string of the molecule is Cc1nn(C)c(COc2cnccc2C(=O)O)c1Br. The fraction of sp³-hybridized carbons (Fsp3) is 0.250. The van der Waals surface area contributed by atoms with Gasteiger partial charge in [-0.05, 0) is 28.9 Å². The number of carboxylic acids is 1. The summed E-state index contributed by atoms with van der Waals surface area (Å²) >= 11 is 3.43. The molecule has 2 rings (SSSR count). The molecule has 0 spiro atoms. The van der Waals surface area contributed by atoms with Gasteiger partial charge in [-0.3, -0.25) is 9.67 Å². The van der Waals surface area contributed by atoms with Crippen molar-refractivity contribution >= 4 is 21.9 Å². The topological polar surface area (TPSA) is 77.2 Å². The van der Waals surface area contributed by atoms with Crippen LogP contribution in [-0.4, -0.2) is 25.8 Å². The molecule has 0 fully saturated rings. The highest BCUT2D eigenvalue weighted by Gasteiger charge is 2.14. The van der Waals surface area contributed by atoms with E-state index in [0.717, 1.165) is 15.9 Å². The number of aryl methyl sites for hydroxylation is 2. The van der Waals surface area contributed by atoms with Crippen molar-refractivity contribution in [2.75, 3.05) is 0 Å². The molecule has 0 atom stereocenters. The van der Waals surface area contributed by atoms with Gasteiger partial charge >= 0.3 is 5.97 Å². The van der Waals surface area contributed by atoms with Crippen LogP contribution in [0.3, 0.4) is 0 Å². The van der Waals surface area contributed by atoms with Crippen LogP contribution in [0.25, 0.3) is 0 Å². The lowest BCUT2D eigenvalue weighted by atomic mass is 10.2. The Kier molecular flexibility index (Phi) is 3.84. The molecule has 0 saturated heterocycles. The molecule has 2 aromatic rings. The monoisotopic (exact) mass is 325 g/mol. The van der Waals surface area contributed by atoms with Gasteiger partial charge < -0.3 is 9.84 Å². The Morgan fingerprint density at radius 2 is 2.32 bits per heavy atom. The maximum absolute atomic E-state index is 11.0. The van der Waals surface area contributed by atoms with Crippen LogP contribution in [0, 0.1) is 6.92 Å². The number of halogens is 1. The number of ether oxygens (including phenoxy) is 1. The molecule has 19 heavy (non-hydrogen) atoms. The van der Waals surface area contributed by atoms with Crippen molar-refractivity contribution in [3.05, 3.63) is 39.9 Å². The third-order valence-electron chi connectivity index (χ3n) is 2.64. The number of aromatic carboxylic acids is 1. The molecule has 0 aliphatic heterocycles. The first-order chi connectivity index (χ1) is 9.00. The molecule has 7 heteroatoms. The highest BCUT2D eigenvalue weighted by molar-refractivity contribution is 9.10. The molecule has 100 valence electrons. The maximum Gasteiger partial charge on any atom is 0.339 e. The van der Waals surface area contributed by atoms with Gasteiger partial charge in [-0.25, -0.2) is 4.79 Å². The Morgan fingerprint density at radius 3 is 2.89 bits per heavy atom. The molecule has 0 radical (unpaired) electrons. The maximum atomic E-state index is 11.0. The van der Waals surface area contributed by atoms with Crippen molar-refractivity contribution in [3.8, 4) is 5.75 Å². The number of hydrogen-bond donors (Lipinski definition) is 1. The minimum atomic E-state index is -1.04. The number of aromatic nitrogens is 3. The van der Waals surface area contributed by atoms with Crippen molar-refractivity contribution in [1.82, 2.24) is 14.8 Å². The van der Waals surface area contributed by atoms with Gasteiger partial charge in [-0.1, -0.05) is 0 Å². The number of carbonyl (C=O) groups is 1. The van der Waals surface area contributed by atoms with E-state index >= 15 is 0 Å². The summed E-state index contributed by atoms with van der Waals surface area (Å²) in [6.07, 6.45) is 2.81. The normalized spacial score (nSPS) is 10.5. The molecule has 2 heterocycles. The van der Waals surface area contributed by atoms with Crippen LogP contribution in [0.4, 0.5) is 0 Å². The number of pyridine rings is 1. The Morgan fingerprint density at radius 1 is 1.58 bits per heavy atom. The Bertz CT molecular complexity index is 625. The van der Waals surface area contributed by atoms with Gasteiger partial charge in [0.25, 0.3) is 0 Å². The molecule has 6 nitrogen and oxygen atoms in total. The lowest BCUT2D eigenvalue weighted by molar-refractivity contribution is 0.0691. The zero-order valence-electron chi connectivity index (χ0n) is 10.4. The molecular formula is C12H12BrN3O3. The lowest BCUT2D eigenvalue weighted by Crippen LogP contribution is -2.07. The molecule has 0 unspecified atom stereocenters. The summed E-state index contributed by atoms with van der Waals surface area (Å²) in [6, 6.07) is 1.40. The molecule has 0 saturated carbocycles. The molecule has 0 aliphatic rings. The summed E-state index contributed by atoms with van der Waals surface area (Å²) < 4.78 is 8.07. The van der Waals surface area contributed by atoms with Gasteiger partial charge in [0.05, 0.1) is 22.1 Å². The first kappa shape index (κ1) is 13.5. The molecular weight excluding hydrogens is 314 g/mol. The first-order valence-electron chi connectivity index (χ1n) is 5.48. The summed E-state index contributed by atoms with van der Waals surface area (Å²) in [6.45, 7) is 2.09. The van der Waals surface area contributed by atoms with Crippen LogP contribution in [0.15, 0.2) is 22.9 Å². The van der Waals surface area contributed by atoms with Crippen molar-refractivity contribution in [2.45, 2.75) is 13.5 Å². The fourth-order valence-electron chi connectivity index (χ4n) is 1.65. The second kappa shape index (κ2) is 5.40. The largest absolute Gasteiger partial charge is 0.485 e. The number of hydrogen-bond acceptors (Lipinski definition) is 4. The van der Waals surface area contributed by atoms with Crippen LogP contribution >= 0.6 is 15.9 Å². The zero-order valence-corrected chi connectivity index (χ0v) is 12.0. The van der Waals surface area contributed by atoms with Crippen molar-refractivity contribution in [1.29, 1.82) is 0 Å². The molecule has 0 aliphatic carbocycles. The third-order valence-corrected chi connectivity index (χ3v) is 3.67. The summed E-state index contributed by atoms with van der Waals surface area (Å²) in [7, 11) is 1.80. The van der Waals surface area contributed by atoms with Crippen LogP contribution in [-0.2, 0) is 13.7 Å². The minimum Gasteiger partial charge on any atom is -0.485 e. The summed E-state index contributed by atoms with van der Waals surface area (Å²) in [4.78, 5) is 14.9. The van der Waals surface area contributed by atoms with E-state index in [4.69, 9.17) is 9.84 Å². The van der Waals surface area contributed by atoms with E-state index in [1.807, 2.05) is 6.92 Å². The van der Waals surface area contributed by atoms with E-state index in [-0.39, 0.29) is 17.9 Å². The number of carboxylic acid groups (broad SMARTS) is 1. The van der Waals surface area contributed by atoms with Crippen molar-refractivity contribution in [2.24, 2.45) is 7.05 Å². The van der Waals surface area contributed by atoms with Crippen molar-refractivity contribution in [3.63, 3.8) is 0 Å². The summed E-state index contributed by atoms with van der Waals surface area (Å²) in [5.74, 6) is -0.807.